The molecule has 122 valence electrons. The summed E-state index contributed by atoms with van der Waals surface area (Å²) in [4.78, 5) is 20.7. The topological polar surface area (TPSA) is 49.6 Å². The molecule has 1 aromatic heterocycles. The molecular formula is C17H27N3O2. The van der Waals surface area contributed by atoms with E-state index in [9.17, 15) is 4.79 Å². The van der Waals surface area contributed by atoms with Gasteiger partial charge >= 0.3 is 0 Å². The average Bonchev–Trinajstić information content (AvgIpc) is 3.19. The molecule has 0 bridgehead atoms. The van der Waals surface area contributed by atoms with Crippen LogP contribution >= 0.6 is 0 Å². The van der Waals surface area contributed by atoms with Crippen molar-refractivity contribution in [1.29, 1.82) is 0 Å². The van der Waals surface area contributed by atoms with Gasteiger partial charge in [-0.05, 0) is 32.1 Å². The summed E-state index contributed by atoms with van der Waals surface area (Å²) >= 11 is 0. The first-order valence-corrected chi connectivity index (χ1v) is 8.52. The molecule has 1 saturated carbocycles. The number of rotatable bonds is 5. The molecule has 1 saturated heterocycles. The molecule has 22 heavy (non-hydrogen) atoms. The Morgan fingerprint density at radius 2 is 2.18 bits per heavy atom. The fraction of sp³-hybridized carbons (Fsp3) is 0.765. The number of nitrogens with zero attached hydrogens (tertiary/aromatic N) is 3. The maximum Gasteiger partial charge on any atom is 0.220 e. The second kappa shape index (κ2) is 6.82. The number of oxazole rings is 1. The molecule has 1 aliphatic heterocycles. The molecule has 1 aliphatic carbocycles. The molecule has 5 heteroatoms. The number of amides is 1. The summed E-state index contributed by atoms with van der Waals surface area (Å²) in [6, 6.07) is 0.297. The zero-order chi connectivity index (χ0) is 15.5. The van der Waals surface area contributed by atoms with Crippen molar-refractivity contribution < 1.29 is 9.21 Å². The Morgan fingerprint density at radius 3 is 2.82 bits per heavy atom. The van der Waals surface area contributed by atoms with Gasteiger partial charge in [0, 0.05) is 32.6 Å². The van der Waals surface area contributed by atoms with Gasteiger partial charge in [-0.15, -0.1) is 0 Å². The number of hydrogen-bond donors (Lipinski definition) is 0. The first kappa shape index (κ1) is 15.5. The number of likely N-dealkylation sites (tertiary alicyclic amines) is 1. The maximum absolute atomic E-state index is 12.0. The highest BCUT2D eigenvalue weighted by atomic mass is 16.4. The van der Waals surface area contributed by atoms with Crippen LogP contribution in [-0.4, -0.2) is 46.4 Å². The predicted molar refractivity (Wildman–Crippen MR) is 84.3 cm³/mol. The van der Waals surface area contributed by atoms with E-state index < -0.39 is 0 Å². The molecule has 1 aromatic rings. The van der Waals surface area contributed by atoms with E-state index >= 15 is 0 Å². The van der Waals surface area contributed by atoms with Crippen LogP contribution in [0, 0.1) is 12.8 Å². The van der Waals surface area contributed by atoms with Crippen LogP contribution in [0.4, 0.5) is 0 Å². The van der Waals surface area contributed by atoms with E-state index in [1.165, 1.54) is 32.2 Å². The Bertz CT molecular complexity index is 508. The van der Waals surface area contributed by atoms with Gasteiger partial charge in [0.05, 0.1) is 12.7 Å². The van der Waals surface area contributed by atoms with Gasteiger partial charge in [-0.2, -0.15) is 0 Å². The Balaban J connectivity index is 1.57. The minimum atomic E-state index is 0.114. The molecule has 0 unspecified atom stereocenters. The fourth-order valence-corrected chi connectivity index (χ4v) is 3.91. The third-order valence-corrected chi connectivity index (χ3v) is 5.06. The van der Waals surface area contributed by atoms with Crippen LogP contribution in [-0.2, 0) is 11.3 Å². The largest absolute Gasteiger partial charge is 0.444 e. The summed E-state index contributed by atoms with van der Waals surface area (Å²) in [6.07, 6.45) is 8.33. The lowest BCUT2D eigenvalue weighted by Crippen LogP contribution is -2.40. The summed E-state index contributed by atoms with van der Waals surface area (Å²) in [5.74, 6) is 2.43. The van der Waals surface area contributed by atoms with Crippen molar-refractivity contribution >= 4 is 5.91 Å². The molecule has 0 aromatic carbocycles. The van der Waals surface area contributed by atoms with Gasteiger partial charge in [-0.1, -0.05) is 12.8 Å². The monoisotopic (exact) mass is 305 g/mol. The van der Waals surface area contributed by atoms with Gasteiger partial charge in [0.15, 0.2) is 0 Å². The maximum atomic E-state index is 12.0. The smallest absolute Gasteiger partial charge is 0.220 e. The summed E-state index contributed by atoms with van der Waals surface area (Å²) in [5, 5.41) is 0. The van der Waals surface area contributed by atoms with Crippen molar-refractivity contribution in [3.8, 4) is 0 Å². The minimum Gasteiger partial charge on any atom is -0.444 e. The normalized spacial score (nSPS) is 23.3. The van der Waals surface area contributed by atoms with Gasteiger partial charge < -0.3 is 14.2 Å². The van der Waals surface area contributed by atoms with Gasteiger partial charge in [0.2, 0.25) is 11.8 Å². The summed E-state index contributed by atoms with van der Waals surface area (Å²) in [7, 11) is 0. The molecule has 2 heterocycles. The summed E-state index contributed by atoms with van der Waals surface area (Å²) < 4.78 is 5.54. The van der Waals surface area contributed by atoms with E-state index in [4.69, 9.17) is 4.42 Å². The molecule has 5 nitrogen and oxygen atoms in total. The van der Waals surface area contributed by atoms with Crippen molar-refractivity contribution in [2.45, 2.75) is 58.5 Å². The Labute approximate surface area is 132 Å². The lowest BCUT2D eigenvalue weighted by Gasteiger charge is -2.27. The summed E-state index contributed by atoms with van der Waals surface area (Å²) in [5.41, 5.74) is 0. The molecule has 2 aliphatic rings. The van der Waals surface area contributed by atoms with Crippen LogP contribution in [0.5, 0.6) is 0 Å². The van der Waals surface area contributed by atoms with E-state index in [1.807, 2.05) is 11.8 Å². The first-order chi connectivity index (χ1) is 10.6. The fourth-order valence-electron chi connectivity index (χ4n) is 3.91. The van der Waals surface area contributed by atoms with E-state index in [2.05, 4.69) is 9.88 Å². The van der Waals surface area contributed by atoms with E-state index in [0.717, 1.165) is 31.2 Å². The number of carbonyl (C=O) groups is 1. The zero-order valence-corrected chi connectivity index (χ0v) is 13.8. The average molecular weight is 305 g/mol. The van der Waals surface area contributed by atoms with Crippen LogP contribution in [0.2, 0.25) is 0 Å². The summed E-state index contributed by atoms with van der Waals surface area (Å²) in [6.45, 7) is 7.33. The quantitative estimate of drug-likeness (QED) is 0.839. The van der Waals surface area contributed by atoms with Gasteiger partial charge in [0.1, 0.15) is 5.76 Å². The van der Waals surface area contributed by atoms with Crippen LogP contribution in [0.25, 0.3) is 0 Å². The van der Waals surface area contributed by atoms with Crippen LogP contribution in [0.15, 0.2) is 10.6 Å². The first-order valence-electron chi connectivity index (χ1n) is 8.52. The Morgan fingerprint density at radius 1 is 1.41 bits per heavy atom. The third-order valence-electron chi connectivity index (χ3n) is 5.06. The number of aromatic nitrogens is 1. The second-order valence-corrected chi connectivity index (χ2v) is 6.86. The predicted octanol–water partition coefficient (Wildman–Crippen LogP) is 2.60. The van der Waals surface area contributed by atoms with Crippen LogP contribution < -0.4 is 0 Å². The Hall–Kier alpha value is -1.36. The van der Waals surface area contributed by atoms with Gasteiger partial charge in [-0.3, -0.25) is 4.79 Å². The second-order valence-electron chi connectivity index (χ2n) is 6.86. The number of hydrogen-bond acceptors (Lipinski definition) is 4. The standard InChI is InChI=1S/C17H27N3O2/c1-13-9-18-17(22-13)12-20(14(2)21)16-7-8-19(11-16)10-15-5-3-4-6-15/h9,15-16H,3-8,10-12H2,1-2H3/t16-/m0/s1. The van der Waals surface area contributed by atoms with Crippen molar-refractivity contribution in [3.63, 3.8) is 0 Å². The molecule has 0 N–H and O–H groups in total. The minimum absolute atomic E-state index is 0.114. The van der Waals surface area contributed by atoms with Crippen molar-refractivity contribution in [2.24, 2.45) is 5.92 Å². The molecule has 1 atom stereocenters. The number of carbonyl (C=O) groups excluding carboxylic acids is 1. The van der Waals surface area contributed by atoms with E-state index in [0.29, 0.717) is 18.5 Å². The van der Waals surface area contributed by atoms with Gasteiger partial charge in [0.25, 0.3) is 0 Å². The molecule has 3 rings (SSSR count). The van der Waals surface area contributed by atoms with Crippen molar-refractivity contribution in [2.75, 3.05) is 19.6 Å². The van der Waals surface area contributed by atoms with E-state index in [1.54, 1.807) is 13.1 Å². The highest BCUT2D eigenvalue weighted by Gasteiger charge is 2.31. The van der Waals surface area contributed by atoms with Crippen LogP contribution in [0.3, 0.4) is 0 Å². The van der Waals surface area contributed by atoms with E-state index in [-0.39, 0.29) is 5.91 Å². The number of aryl methyl sites for hydroxylation is 1. The lowest BCUT2D eigenvalue weighted by molar-refractivity contribution is -0.132. The third kappa shape index (κ3) is 3.69. The molecular weight excluding hydrogens is 278 g/mol. The molecule has 2 fully saturated rings. The Kier molecular flexibility index (Phi) is 4.81. The zero-order valence-electron chi connectivity index (χ0n) is 13.8. The lowest BCUT2D eigenvalue weighted by atomic mass is 10.1. The van der Waals surface area contributed by atoms with Crippen molar-refractivity contribution in [1.82, 2.24) is 14.8 Å². The SMILES string of the molecule is CC(=O)N(Cc1ncc(C)o1)[C@H]1CCN(CC2CCCC2)C1. The highest BCUT2D eigenvalue weighted by Crippen LogP contribution is 2.27. The van der Waals surface area contributed by atoms with Crippen molar-refractivity contribution in [3.05, 3.63) is 17.8 Å². The molecule has 0 spiro atoms. The highest BCUT2D eigenvalue weighted by molar-refractivity contribution is 5.73. The molecule has 1 amide bonds. The van der Waals surface area contributed by atoms with Gasteiger partial charge in [-0.25, -0.2) is 4.98 Å². The van der Waals surface area contributed by atoms with Crippen LogP contribution in [0.1, 0.15) is 50.7 Å². The molecule has 0 radical (unpaired) electrons.